The molecule has 0 heterocycles. The van der Waals surface area contributed by atoms with Crippen LogP contribution in [0.5, 0.6) is 5.75 Å². The quantitative estimate of drug-likeness (QED) is 0.584. The number of hydrogen-bond acceptors (Lipinski definition) is 4. The third kappa shape index (κ3) is 3.97. The van der Waals surface area contributed by atoms with Crippen molar-refractivity contribution in [2.75, 3.05) is 0 Å². The molecule has 3 atom stereocenters. The summed E-state index contributed by atoms with van der Waals surface area (Å²) in [4.78, 5) is 12.3. The Balaban J connectivity index is 1.70. The van der Waals surface area contributed by atoms with E-state index in [2.05, 4.69) is 20.5 Å². The molecule has 1 N–H and O–H groups in total. The molecule has 26 heavy (non-hydrogen) atoms. The third-order valence-electron chi connectivity index (χ3n) is 4.36. The van der Waals surface area contributed by atoms with Gasteiger partial charge in [-0.3, -0.25) is 4.79 Å². The lowest BCUT2D eigenvalue weighted by Gasteiger charge is -2.13. The minimum Gasteiger partial charge on any atom is -0.489 e. The monoisotopic (exact) mass is 389 g/mol. The fourth-order valence-electron chi connectivity index (χ4n) is 2.61. The fraction of sp³-hybridized carbons (Fsp3) is 0.211. The molecule has 1 unspecified atom stereocenters. The summed E-state index contributed by atoms with van der Waals surface area (Å²) in [6, 6.07) is 15.7. The lowest BCUT2D eigenvalue weighted by atomic mass is 10.2. The molecule has 5 nitrogen and oxygen atoms in total. The van der Waals surface area contributed by atoms with E-state index in [9.17, 15) is 13.2 Å². The summed E-state index contributed by atoms with van der Waals surface area (Å²) < 4.78 is 32.8. The van der Waals surface area contributed by atoms with Gasteiger partial charge in [0.15, 0.2) is 0 Å². The van der Waals surface area contributed by atoms with Crippen LogP contribution in [0.1, 0.15) is 12.0 Å². The number of carbonyl (C=O) groups is 1. The molecule has 0 aromatic heterocycles. The van der Waals surface area contributed by atoms with Gasteiger partial charge in [0, 0.05) is 6.07 Å². The smallest absolute Gasteiger partial charge is 0.264 e. The van der Waals surface area contributed by atoms with Crippen molar-refractivity contribution in [3.63, 3.8) is 0 Å². The highest BCUT2D eigenvalue weighted by Gasteiger charge is 2.55. The van der Waals surface area contributed by atoms with Crippen LogP contribution in [-0.2, 0) is 21.4 Å². The van der Waals surface area contributed by atoms with Gasteiger partial charge in [0.05, 0.1) is 10.1 Å². The van der Waals surface area contributed by atoms with Crippen LogP contribution >= 0.6 is 9.24 Å². The predicted octanol–water partition coefficient (Wildman–Crippen LogP) is 2.89. The molecule has 2 aromatic rings. The van der Waals surface area contributed by atoms with E-state index in [1.54, 1.807) is 18.2 Å². The Bertz CT molecular complexity index is 930. The summed E-state index contributed by atoms with van der Waals surface area (Å²) in [5.41, 5.74) is 0.975. The van der Waals surface area contributed by atoms with Crippen LogP contribution in [0.15, 0.2) is 72.1 Å². The Labute approximate surface area is 155 Å². The van der Waals surface area contributed by atoms with Gasteiger partial charge in [0.2, 0.25) is 5.91 Å². The van der Waals surface area contributed by atoms with E-state index in [0.717, 1.165) is 5.56 Å². The van der Waals surface area contributed by atoms with Gasteiger partial charge in [-0.15, -0.1) is 15.8 Å². The standard InChI is InChI=1S/C19H20NO4PS/c1-2-15-12-19(15,25)18(21)20-26(22,23)17-10-6-9-16(11-17)24-13-14-7-4-3-5-8-14/h2-11,15H,1,12-13,25H2,(H,20,21)/t15-,19-/m1/s1. The molecule has 0 saturated heterocycles. The molecule has 3 rings (SSSR count). The van der Waals surface area contributed by atoms with Crippen molar-refractivity contribution in [2.24, 2.45) is 5.92 Å². The average Bonchev–Trinajstić information content (AvgIpc) is 3.33. The number of hydrogen-bond donors (Lipinski definition) is 1. The first-order valence-corrected chi connectivity index (χ1v) is 10.2. The molecule has 1 amide bonds. The Morgan fingerprint density at radius 2 is 2.00 bits per heavy atom. The first-order valence-electron chi connectivity index (χ1n) is 8.10. The third-order valence-corrected chi connectivity index (χ3v) is 6.61. The van der Waals surface area contributed by atoms with Crippen LogP contribution in [0.25, 0.3) is 0 Å². The van der Waals surface area contributed by atoms with Crippen LogP contribution in [0.3, 0.4) is 0 Å². The second kappa shape index (κ2) is 7.22. The number of amides is 1. The van der Waals surface area contributed by atoms with Crippen LogP contribution in [0, 0.1) is 5.92 Å². The maximum Gasteiger partial charge on any atom is 0.264 e. The van der Waals surface area contributed by atoms with Gasteiger partial charge in [-0.2, -0.15) is 0 Å². The number of benzene rings is 2. The molecular weight excluding hydrogens is 369 g/mol. The van der Waals surface area contributed by atoms with Crippen molar-refractivity contribution in [1.29, 1.82) is 0 Å². The minimum atomic E-state index is -3.97. The molecule has 0 bridgehead atoms. The van der Waals surface area contributed by atoms with E-state index in [4.69, 9.17) is 4.74 Å². The fourth-order valence-corrected chi connectivity index (χ4v) is 4.26. The summed E-state index contributed by atoms with van der Waals surface area (Å²) in [5, 5.41) is -0.782. The second-order valence-electron chi connectivity index (χ2n) is 6.27. The highest BCUT2D eigenvalue weighted by molar-refractivity contribution is 7.90. The molecule has 0 radical (unpaired) electrons. The maximum atomic E-state index is 12.5. The van der Waals surface area contributed by atoms with Crippen LogP contribution in [0.2, 0.25) is 0 Å². The number of carbonyl (C=O) groups excluding carboxylic acids is 1. The number of rotatable bonds is 7. The molecule has 1 fully saturated rings. The summed E-state index contributed by atoms with van der Waals surface area (Å²) in [7, 11) is -1.53. The Kier molecular flexibility index (Phi) is 5.17. The van der Waals surface area contributed by atoms with Crippen molar-refractivity contribution in [3.8, 4) is 5.75 Å². The van der Waals surface area contributed by atoms with E-state index in [-0.39, 0.29) is 10.8 Å². The van der Waals surface area contributed by atoms with Crippen molar-refractivity contribution in [3.05, 3.63) is 72.8 Å². The first-order chi connectivity index (χ1) is 12.3. The van der Waals surface area contributed by atoms with Crippen LogP contribution < -0.4 is 9.46 Å². The molecule has 7 heteroatoms. The van der Waals surface area contributed by atoms with Gasteiger partial charge < -0.3 is 4.74 Å². The van der Waals surface area contributed by atoms with Crippen LogP contribution in [0.4, 0.5) is 0 Å². The number of sulfonamides is 1. The van der Waals surface area contributed by atoms with Gasteiger partial charge in [-0.05, 0) is 30.0 Å². The summed E-state index contributed by atoms with van der Waals surface area (Å²) in [6.45, 7) is 3.98. The molecule has 1 saturated carbocycles. The SMILES string of the molecule is C=C[C@@H]1C[C@]1(P)C(=O)NS(=O)(=O)c1cccc(OCc2ccccc2)c1. The highest BCUT2D eigenvalue weighted by Crippen LogP contribution is 2.52. The van der Waals surface area contributed by atoms with Crippen molar-refractivity contribution >= 4 is 25.2 Å². The summed E-state index contributed by atoms with van der Waals surface area (Å²) in [6.07, 6.45) is 2.24. The minimum absolute atomic E-state index is 0.0131. The summed E-state index contributed by atoms with van der Waals surface area (Å²) in [5.74, 6) is -0.147. The molecule has 1 aliphatic rings. The Hall–Kier alpha value is -2.17. The van der Waals surface area contributed by atoms with E-state index >= 15 is 0 Å². The van der Waals surface area contributed by atoms with Crippen LogP contribution in [-0.4, -0.2) is 19.5 Å². The zero-order valence-corrected chi connectivity index (χ0v) is 16.1. The molecule has 1 aliphatic carbocycles. The average molecular weight is 389 g/mol. The lowest BCUT2D eigenvalue weighted by molar-refractivity contribution is -0.119. The first kappa shape index (κ1) is 18.6. The topological polar surface area (TPSA) is 72.5 Å². The van der Waals surface area contributed by atoms with Gasteiger partial charge >= 0.3 is 0 Å². The molecule has 2 aromatic carbocycles. The van der Waals surface area contributed by atoms with Crippen molar-refractivity contribution in [2.45, 2.75) is 23.1 Å². The highest BCUT2D eigenvalue weighted by atomic mass is 32.2. The van der Waals surface area contributed by atoms with Gasteiger partial charge in [-0.1, -0.05) is 42.5 Å². The normalized spacial score (nSPS) is 21.7. The number of allylic oxidation sites excluding steroid dienone is 1. The van der Waals surface area contributed by atoms with E-state index in [1.807, 2.05) is 30.3 Å². The predicted molar refractivity (Wildman–Crippen MR) is 103 cm³/mol. The van der Waals surface area contributed by atoms with Gasteiger partial charge in [0.1, 0.15) is 12.4 Å². The Morgan fingerprint density at radius 1 is 1.27 bits per heavy atom. The number of ether oxygens (including phenoxy) is 1. The summed E-state index contributed by atoms with van der Waals surface area (Å²) >= 11 is 0. The number of nitrogens with one attached hydrogen (secondary N) is 1. The molecular formula is C19H20NO4PS. The largest absolute Gasteiger partial charge is 0.489 e. The van der Waals surface area contributed by atoms with E-state index < -0.39 is 21.1 Å². The molecule has 0 aliphatic heterocycles. The van der Waals surface area contributed by atoms with E-state index in [0.29, 0.717) is 18.8 Å². The van der Waals surface area contributed by atoms with Gasteiger partial charge in [0.25, 0.3) is 10.0 Å². The van der Waals surface area contributed by atoms with E-state index in [1.165, 1.54) is 12.1 Å². The van der Waals surface area contributed by atoms with Crippen molar-refractivity contribution < 1.29 is 17.9 Å². The lowest BCUT2D eigenvalue weighted by Crippen LogP contribution is -2.38. The van der Waals surface area contributed by atoms with Crippen molar-refractivity contribution in [1.82, 2.24) is 4.72 Å². The van der Waals surface area contributed by atoms with Gasteiger partial charge in [-0.25, -0.2) is 13.1 Å². The second-order valence-corrected chi connectivity index (χ2v) is 8.98. The molecule has 136 valence electrons. The maximum absolute atomic E-state index is 12.5. The molecule has 0 spiro atoms. The zero-order chi connectivity index (χ0) is 18.8. The zero-order valence-electron chi connectivity index (χ0n) is 14.1. The Morgan fingerprint density at radius 3 is 2.65 bits per heavy atom.